The van der Waals surface area contributed by atoms with Gasteiger partial charge in [-0.05, 0) is 43.7 Å². The van der Waals surface area contributed by atoms with Gasteiger partial charge in [-0.15, -0.1) is 0 Å². The zero-order valence-corrected chi connectivity index (χ0v) is 16.2. The molecule has 2 aromatic carbocycles. The van der Waals surface area contributed by atoms with Crippen LogP contribution in [-0.4, -0.2) is 27.4 Å². The molecular weight excluding hydrogens is 354 g/mol. The number of hydrogen-bond acceptors (Lipinski definition) is 6. The monoisotopic (exact) mass is 381 g/mol. The van der Waals surface area contributed by atoms with Crippen LogP contribution in [0.15, 0.2) is 54.6 Å². The molecule has 144 valence electrons. The Morgan fingerprint density at radius 2 is 1.42 bits per heavy atom. The van der Waals surface area contributed by atoms with E-state index in [0.29, 0.717) is 12.2 Å². The van der Waals surface area contributed by atoms with Crippen molar-refractivity contribution in [3.63, 3.8) is 0 Å². The molecule has 6 nitrogen and oxygen atoms in total. The fourth-order valence-corrected chi connectivity index (χ4v) is 2.70. The highest BCUT2D eigenvalue weighted by Crippen LogP contribution is 2.27. The Bertz CT molecular complexity index is 745. The molecule has 1 atom stereocenters. The molecule has 3 N–H and O–H groups in total. The molecule has 0 heterocycles. The van der Waals surface area contributed by atoms with Gasteiger partial charge < -0.3 is 15.6 Å². The maximum atomic E-state index is 11.2. The lowest BCUT2D eigenvalue weighted by Gasteiger charge is -2.20. The maximum Gasteiger partial charge on any atom is 0.264 e. The number of rotatable bonds is 9. The van der Waals surface area contributed by atoms with Gasteiger partial charge in [-0.2, -0.15) is 8.42 Å². The minimum absolute atomic E-state index is 0. The van der Waals surface area contributed by atoms with E-state index < -0.39 is 10.1 Å². The van der Waals surface area contributed by atoms with Crippen LogP contribution in [0.2, 0.25) is 0 Å². The molecule has 0 bridgehead atoms. The lowest BCUT2D eigenvalue weighted by Crippen LogP contribution is -2.13. The van der Waals surface area contributed by atoms with Crippen molar-refractivity contribution in [3.8, 4) is 11.5 Å². The smallest absolute Gasteiger partial charge is 0.264 e. The van der Waals surface area contributed by atoms with Crippen LogP contribution < -0.4 is 15.6 Å². The molecule has 0 aromatic heterocycles. The van der Waals surface area contributed by atoms with E-state index in [9.17, 15) is 8.42 Å². The first-order chi connectivity index (χ1) is 11.8. The third-order valence-electron chi connectivity index (χ3n) is 3.32. The van der Waals surface area contributed by atoms with Crippen LogP contribution >= 0.6 is 0 Å². The van der Waals surface area contributed by atoms with Crippen LogP contribution in [0.5, 0.6) is 11.5 Å². The Hall–Kier alpha value is -2.09. The lowest BCUT2D eigenvalue weighted by molar-refractivity contribution is 0.165. The van der Waals surface area contributed by atoms with E-state index in [0.717, 1.165) is 17.6 Å². The van der Waals surface area contributed by atoms with Gasteiger partial charge in [0.2, 0.25) is 0 Å². The summed E-state index contributed by atoms with van der Waals surface area (Å²) in [6, 6.07) is 17.0. The van der Waals surface area contributed by atoms with Gasteiger partial charge in [0, 0.05) is 6.42 Å². The van der Waals surface area contributed by atoms with Crippen molar-refractivity contribution in [2.75, 3.05) is 12.9 Å². The molecule has 0 aliphatic heterocycles. The quantitative estimate of drug-likeness (QED) is 0.656. The zero-order chi connectivity index (χ0) is 18.3. The van der Waals surface area contributed by atoms with Crippen LogP contribution in [0.1, 0.15) is 31.9 Å². The van der Waals surface area contributed by atoms with E-state index in [-0.39, 0.29) is 25.0 Å². The van der Waals surface area contributed by atoms with Crippen molar-refractivity contribution in [1.29, 1.82) is 0 Å². The Labute approximate surface area is 155 Å². The highest BCUT2D eigenvalue weighted by molar-refractivity contribution is 7.85. The van der Waals surface area contributed by atoms with Gasteiger partial charge in [0.1, 0.15) is 17.6 Å². The molecule has 1 unspecified atom stereocenters. The molecule has 0 aliphatic carbocycles. The zero-order valence-electron chi connectivity index (χ0n) is 15.4. The predicted octanol–water partition coefficient (Wildman–Crippen LogP) is 4.12. The Balaban J connectivity index is 0.00000338. The van der Waals surface area contributed by atoms with Crippen LogP contribution in [0.3, 0.4) is 0 Å². The van der Waals surface area contributed by atoms with E-state index in [2.05, 4.69) is 0 Å². The van der Waals surface area contributed by atoms with Crippen LogP contribution in [0.25, 0.3) is 0 Å². The van der Waals surface area contributed by atoms with Gasteiger partial charge in [-0.3, -0.25) is 4.18 Å². The average molecular weight is 381 g/mol. The second-order valence-electron chi connectivity index (χ2n) is 5.97. The summed E-state index contributed by atoms with van der Waals surface area (Å²) in [5, 5.41) is 0. The van der Waals surface area contributed by atoms with E-state index in [4.69, 9.17) is 13.7 Å². The molecule has 0 spiro atoms. The van der Waals surface area contributed by atoms with E-state index in [1.165, 1.54) is 0 Å². The standard InChI is InChI=1S/C19H24O5S.H3N/c1-15(2)23-17-9-11-18(12-10-17)24-19(13-14-22-25(3,20)21)16-7-5-4-6-8-16;/h4-12,15,19H,13-14H2,1-3H3;1H3. The molecule has 2 aromatic rings. The second-order valence-corrected chi connectivity index (χ2v) is 7.61. The number of hydrogen-bond donors (Lipinski definition) is 1. The summed E-state index contributed by atoms with van der Waals surface area (Å²) >= 11 is 0. The fraction of sp³-hybridized carbons (Fsp3) is 0.368. The topological polar surface area (TPSA) is 96.8 Å². The Morgan fingerprint density at radius 3 is 1.92 bits per heavy atom. The second kappa shape index (κ2) is 10.2. The van der Waals surface area contributed by atoms with Crippen molar-refractivity contribution in [1.82, 2.24) is 6.15 Å². The van der Waals surface area contributed by atoms with Gasteiger partial charge in [-0.1, -0.05) is 30.3 Å². The van der Waals surface area contributed by atoms with Crippen LogP contribution in [-0.2, 0) is 14.3 Å². The van der Waals surface area contributed by atoms with E-state index >= 15 is 0 Å². The van der Waals surface area contributed by atoms with Gasteiger partial charge in [0.05, 0.1) is 19.0 Å². The highest BCUT2D eigenvalue weighted by atomic mass is 32.2. The van der Waals surface area contributed by atoms with Crippen molar-refractivity contribution in [2.24, 2.45) is 0 Å². The van der Waals surface area contributed by atoms with Gasteiger partial charge in [-0.25, -0.2) is 0 Å². The van der Waals surface area contributed by atoms with E-state index in [1.807, 2.05) is 68.4 Å². The van der Waals surface area contributed by atoms with Crippen molar-refractivity contribution in [3.05, 3.63) is 60.2 Å². The summed E-state index contributed by atoms with van der Waals surface area (Å²) < 4.78 is 38.8. The molecule has 0 amide bonds. The Kier molecular flexibility index (Phi) is 8.57. The van der Waals surface area contributed by atoms with Gasteiger partial charge in [0.25, 0.3) is 10.1 Å². The summed E-state index contributed by atoms with van der Waals surface area (Å²) in [5.41, 5.74) is 0.960. The van der Waals surface area contributed by atoms with Crippen LogP contribution in [0, 0.1) is 0 Å². The minimum Gasteiger partial charge on any atom is -0.491 e. The summed E-state index contributed by atoms with van der Waals surface area (Å²) in [4.78, 5) is 0. The number of ether oxygens (including phenoxy) is 2. The minimum atomic E-state index is -3.46. The molecular formula is C19H27NO5S. The first kappa shape index (κ1) is 22.0. The van der Waals surface area contributed by atoms with Gasteiger partial charge in [0.15, 0.2) is 0 Å². The lowest BCUT2D eigenvalue weighted by atomic mass is 10.1. The first-order valence-electron chi connectivity index (χ1n) is 8.16. The van der Waals surface area contributed by atoms with Crippen molar-refractivity contribution in [2.45, 2.75) is 32.5 Å². The third-order valence-corrected chi connectivity index (χ3v) is 3.92. The van der Waals surface area contributed by atoms with Gasteiger partial charge >= 0.3 is 0 Å². The largest absolute Gasteiger partial charge is 0.491 e. The molecule has 2 rings (SSSR count). The summed E-state index contributed by atoms with van der Waals surface area (Å²) in [6.45, 7) is 4.00. The SMILES string of the molecule is CC(C)Oc1ccc(OC(CCOS(C)(=O)=O)c2ccccc2)cc1.N. The molecule has 0 fully saturated rings. The Morgan fingerprint density at radius 1 is 0.885 bits per heavy atom. The molecule has 0 saturated carbocycles. The summed E-state index contributed by atoms with van der Waals surface area (Å²) in [5.74, 6) is 1.46. The molecule has 0 saturated heterocycles. The molecule has 0 radical (unpaired) electrons. The maximum absolute atomic E-state index is 11.2. The highest BCUT2D eigenvalue weighted by Gasteiger charge is 2.15. The number of benzene rings is 2. The van der Waals surface area contributed by atoms with E-state index in [1.54, 1.807) is 0 Å². The predicted molar refractivity (Wildman–Crippen MR) is 102 cm³/mol. The average Bonchev–Trinajstić information content (AvgIpc) is 2.55. The first-order valence-corrected chi connectivity index (χ1v) is 9.98. The molecule has 26 heavy (non-hydrogen) atoms. The van der Waals surface area contributed by atoms with Crippen LogP contribution in [0.4, 0.5) is 0 Å². The molecule has 0 aliphatic rings. The summed E-state index contributed by atoms with van der Waals surface area (Å²) in [6.07, 6.45) is 1.26. The third kappa shape index (κ3) is 7.86. The van der Waals surface area contributed by atoms with Crippen molar-refractivity contribution >= 4 is 10.1 Å². The normalized spacial score (nSPS) is 12.3. The molecule has 7 heteroatoms. The fourth-order valence-electron chi connectivity index (χ4n) is 2.30. The summed E-state index contributed by atoms with van der Waals surface area (Å²) in [7, 11) is -3.46. The van der Waals surface area contributed by atoms with Crippen molar-refractivity contribution < 1.29 is 22.1 Å².